The molecule has 0 atom stereocenters. The summed E-state index contributed by atoms with van der Waals surface area (Å²) in [6.07, 6.45) is -0.614. The molecule has 0 fully saturated rings. The number of alkyl halides is 2. The van der Waals surface area contributed by atoms with Crippen LogP contribution in [0.3, 0.4) is 0 Å². The molecule has 1 rings (SSSR count). The van der Waals surface area contributed by atoms with E-state index in [9.17, 15) is 26.8 Å². The molecule has 1 aromatic rings. The Labute approximate surface area is 174 Å². The molecule has 0 bridgehead atoms. The molecular formula is C20H24F2N2O5S. The van der Waals surface area contributed by atoms with Crippen LogP contribution >= 0.6 is 0 Å². The second-order valence-corrected chi connectivity index (χ2v) is 8.96. The highest BCUT2D eigenvalue weighted by molar-refractivity contribution is 7.92. The third-order valence-corrected chi connectivity index (χ3v) is 5.81. The third kappa shape index (κ3) is 6.16. The first-order valence-corrected chi connectivity index (χ1v) is 10.6. The van der Waals surface area contributed by atoms with Crippen LogP contribution in [-0.2, 0) is 24.3 Å². The molecule has 0 aliphatic rings. The number of carbonyl (C=O) groups excluding carboxylic acids is 2. The minimum Gasteiger partial charge on any atom is -0.465 e. The molecule has 0 spiro atoms. The Kier molecular flexibility index (Phi) is 8.36. The molecule has 0 aliphatic carbocycles. The van der Waals surface area contributed by atoms with Crippen molar-refractivity contribution in [3.05, 3.63) is 35.4 Å². The van der Waals surface area contributed by atoms with Crippen molar-refractivity contribution >= 4 is 27.5 Å². The molecule has 1 aromatic carbocycles. The smallest absolute Gasteiger partial charge is 0.422 e. The molecule has 0 amide bonds. The van der Waals surface area contributed by atoms with Gasteiger partial charge in [-0.2, -0.15) is 22.5 Å². The van der Waals surface area contributed by atoms with E-state index in [0.717, 1.165) is 5.56 Å². The summed E-state index contributed by atoms with van der Waals surface area (Å²) in [7, 11) is -5.63. The summed E-state index contributed by atoms with van der Waals surface area (Å²) in [5, 5.41) is 4.29. The quantitative estimate of drug-likeness (QED) is 0.311. The van der Waals surface area contributed by atoms with E-state index < -0.39 is 44.6 Å². The van der Waals surface area contributed by atoms with Crippen molar-refractivity contribution < 1.29 is 31.5 Å². The van der Waals surface area contributed by atoms with E-state index in [1.807, 2.05) is 0 Å². The molecule has 0 aliphatic heterocycles. The maximum Gasteiger partial charge on any atom is 0.422 e. The second kappa shape index (κ2) is 9.89. The number of nitriles is 1. The van der Waals surface area contributed by atoms with Crippen molar-refractivity contribution in [3.63, 3.8) is 0 Å². The van der Waals surface area contributed by atoms with Crippen LogP contribution in [0, 0.1) is 23.7 Å². The topological polar surface area (TPSA) is 114 Å². The first kappa shape index (κ1) is 25.4. The highest BCUT2D eigenvalue weighted by Gasteiger charge is 2.52. The van der Waals surface area contributed by atoms with E-state index in [1.165, 1.54) is 18.2 Å². The molecule has 0 N–H and O–H groups in total. The lowest BCUT2D eigenvalue weighted by molar-refractivity contribution is -0.154. The zero-order valence-electron chi connectivity index (χ0n) is 17.2. The van der Waals surface area contributed by atoms with Crippen molar-refractivity contribution in [2.24, 2.45) is 9.81 Å². The van der Waals surface area contributed by atoms with Gasteiger partial charge >= 0.3 is 21.2 Å². The van der Waals surface area contributed by atoms with Gasteiger partial charge in [0.05, 0.1) is 12.0 Å². The molecule has 10 heteroatoms. The number of rotatable bonds is 10. The Balaban J connectivity index is 2.87. The lowest BCUT2D eigenvalue weighted by atomic mass is 9.91. The van der Waals surface area contributed by atoms with Crippen molar-refractivity contribution in [2.45, 2.75) is 52.2 Å². The second-order valence-electron chi connectivity index (χ2n) is 7.31. The molecule has 0 heterocycles. The predicted molar refractivity (Wildman–Crippen MR) is 106 cm³/mol. The molecular weight excluding hydrogens is 418 g/mol. The average Bonchev–Trinajstić information content (AvgIpc) is 2.69. The Bertz CT molecular complexity index is 962. The maximum absolute atomic E-state index is 14.2. The van der Waals surface area contributed by atoms with Gasteiger partial charge in [-0.15, -0.1) is 4.40 Å². The Morgan fingerprint density at radius 2 is 1.77 bits per heavy atom. The van der Waals surface area contributed by atoms with Crippen LogP contribution in [0.5, 0.6) is 0 Å². The number of sulfonamides is 1. The van der Waals surface area contributed by atoms with Gasteiger partial charge in [0.25, 0.3) is 0 Å². The zero-order chi connectivity index (χ0) is 23.2. The molecule has 0 aromatic heterocycles. The van der Waals surface area contributed by atoms with E-state index in [1.54, 1.807) is 39.8 Å². The van der Waals surface area contributed by atoms with Crippen LogP contribution in [0.15, 0.2) is 28.7 Å². The SMILES string of the molecule is CCC(C)(C)C(=O)OCCCC(=O)C(F)(F)S(=O)(=O)N=C(C#N)c1ccc(C)cc1. The normalized spacial score (nSPS) is 12.9. The molecule has 0 saturated carbocycles. The molecule has 0 saturated heterocycles. The summed E-state index contributed by atoms with van der Waals surface area (Å²) in [5.41, 5.74) is -0.670. The number of aryl methyl sites for hydroxylation is 1. The minimum atomic E-state index is -5.63. The molecule has 30 heavy (non-hydrogen) atoms. The van der Waals surface area contributed by atoms with Crippen LogP contribution in [0.25, 0.3) is 0 Å². The maximum atomic E-state index is 14.2. The standard InChI is InChI=1S/C20H24F2N2O5S/c1-5-19(3,4)18(26)29-12-6-7-17(25)20(21,22)30(27,28)24-16(13-23)15-10-8-14(2)9-11-15/h8-11H,5-7,12H2,1-4H3. The number of Topliss-reactive ketones (excluding diaryl/α,β-unsaturated/α-hetero) is 1. The number of ketones is 1. The molecule has 164 valence electrons. The summed E-state index contributed by atoms with van der Waals surface area (Å²) in [4.78, 5) is 23.6. The van der Waals surface area contributed by atoms with Crippen molar-refractivity contribution in [1.82, 2.24) is 0 Å². The summed E-state index contributed by atoms with van der Waals surface area (Å²) < 4.78 is 60.3. The number of nitrogens with zero attached hydrogens (tertiary/aromatic N) is 2. The number of benzene rings is 1. The van der Waals surface area contributed by atoms with E-state index in [-0.39, 0.29) is 18.6 Å². The van der Waals surface area contributed by atoms with Gasteiger partial charge in [-0.1, -0.05) is 36.8 Å². The first-order chi connectivity index (χ1) is 13.8. The van der Waals surface area contributed by atoms with Gasteiger partial charge in [0, 0.05) is 12.0 Å². The van der Waals surface area contributed by atoms with Crippen LogP contribution in [0.4, 0.5) is 8.78 Å². The Morgan fingerprint density at radius 1 is 1.20 bits per heavy atom. The molecule has 7 nitrogen and oxygen atoms in total. The number of hydrogen-bond acceptors (Lipinski definition) is 6. The van der Waals surface area contributed by atoms with Gasteiger partial charge in [0.15, 0.2) is 5.71 Å². The van der Waals surface area contributed by atoms with Crippen molar-refractivity contribution in [2.75, 3.05) is 6.61 Å². The number of esters is 1. The van der Waals surface area contributed by atoms with Gasteiger partial charge in [0.1, 0.15) is 6.07 Å². The highest BCUT2D eigenvalue weighted by atomic mass is 32.2. The summed E-state index contributed by atoms with van der Waals surface area (Å²) in [5.74, 6) is -2.43. The summed E-state index contributed by atoms with van der Waals surface area (Å²) in [6.45, 7) is 6.53. The monoisotopic (exact) mass is 442 g/mol. The largest absolute Gasteiger partial charge is 0.465 e. The zero-order valence-corrected chi connectivity index (χ0v) is 18.1. The van der Waals surface area contributed by atoms with E-state index >= 15 is 0 Å². The Morgan fingerprint density at radius 3 is 2.27 bits per heavy atom. The highest BCUT2D eigenvalue weighted by Crippen LogP contribution is 2.28. The van der Waals surface area contributed by atoms with Crippen LogP contribution in [0.2, 0.25) is 0 Å². The number of hydrogen-bond donors (Lipinski definition) is 0. The minimum absolute atomic E-state index is 0.0281. The van der Waals surface area contributed by atoms with Gasteiger partial charge in [0.2, 0.25) is 5.78 Å². The van der Waals surface area contributed by atoms with Crippen molar-refractivity contribution in [3.8, 4) is 6.07 Å². The average molecular weight is 442 g/mol. The number of ether oxygens (including phenoxy) is 1. The van der Waals surface area contributed by atoms with Crippen molar-refractivity contribution in [1.29, 1.82) is 5.26 Å². The lowest BCUT2D eigenvalue weighted by Crippen LogP contribution is -2.37. The fraction of sp³-hybridized carbons (Fsp3) is 0.500. The summed E-state index contributed by atoms with van der Waals surface area (Å²) >= 11 is 0. The van der Waals surface area contributed by atoms with Crippen LogP contribution < -0.4 is 0 Å². The van der Waals surface area contributed by atoms with E-state index in [2.05, 4.69) is 4.40 Å². The first-order valence-electron chi connectivity index (χ1n) is 9.18. The van der Waals surface area contributed by atoms with Crippen LogP contribution in [-0.4, -0.2) is 37.7 Å². The number of carbonyl (C=O) groups is 2. The lowest BCUT2D eigenvalue weighted by Gasteiger charge is -2.20. The van der Waals surface area contributed by atoms with E-state index in [4.69, 9.17) is 10.00 Å². The van der Waals surface area contributed by atoms with Gasteiger partial charge in [-0.3, -0.25) is 9.59 Å². The molecule has 0 radical (unpaired) electrons. The molecule has 0 unspecified atom stereocenters. The van der Waals surface area contributed by atoms with Crippen LogP contribution in [0.1, 0.15) is 51.2 Å². The van der Waals surface area contributed by atoms with Gasteiger partial charge < -0.3 is 4.74 Å². The van der Waals surface area contributed by atoms with E-state index in [0.29, 0.717) is 6.42 Å². The van der Waals surface area contributed by atoms with Gasteiger partial charge in [-0.05, 0) is 33.6 Å². The Hall–Kier alpha value is -2.67. The number of halogens is 2. The third-order valence-electron chi connectivity index (χ3n) is 4.51. The summed E-state index contributed by atoms with van der Waals surface area (Å²) in [6, 6.07) is 7.29. The fourth-order valence-corrected chi connectivity index (χ4v) is 2.94. The van der Waals surface area contributed by atoms with Gasteiger partial charge in [-0.25, -0.2) is 0 Å². The predicted octanol–water partition coefficient (Wildman–Crippen LogP) is 3.56. The fourth-order valence-electron chi connectivity index (χ4n) is 2.05.